The van der Waals surface area contributed by atoms with E-state index in [2.05, 4.69) is 0 Å². The Morgan fingerprint density at radius 1 is 1.10 bits per heavy atom. The summed E-state index contributed by atoms with van der Waals surface area (Å²) in [5, 5.41) is 11.1. The molecule has 21 heavy (non-hydrogen) atoms. The van der Waals surface area contributed by atoms with Gasteiger partial charge in [-0.15, -0.1) is 0 Å². The molecule has 1 aliphatic rings. The lowest BCUT2D eigenvalue weighted by molar-refractivity contribution is 0.263. The molecule has 0 saturated heterocycles. The second-order valence-corrected chi connectivity index (χ2v) is 6.16. The monoisotopic (exact) mass is 322 g/mol. The summed E-state index contributed by atoms with van der Waals surface area (Å²) in [6.45, 7) is 0.774. The SMILES string of the molecule is OCC(Cc1cc(Cl)cc2c1OCC2)c1ccc(Cl)cc1. The van der Waals surface area contributed by atoms with E-state index in [4.69, 9.17) is 27.9 Å². The van der Waals surface area contributed by atoms with Crippen LogP contribution in [0.25, 0.3) is 0 Å². The predicted octanol–water partition coefficient (Wildman–Crippen LogP) is 4.25. The molecule has 0 fully saturated rings. The number of hydrogen-bond acceptors (Lipinski definition) is 2. The third-order valence-electron chi connectivity index (χ3n) is 3.85. The molecule has 0 spiro atoms. The van der Waals surface area contributed by atoms with Crippen LogP contribution in [0.3, 0.4) is 0 Å². The molecule has 0 saturated carbocycles. The summed E-state index contributed by atoms with van der Waals surface area (Å²) in [4.78, 5) is 0. The topological polar surface area (TPSA) is 29.5 Å². The van der Waals surface area contributed by atoms with Crippen LogP contribution < -0.4 is 4.74 Å². The molecule has 1 atom stereocenters. The van der Waals surface area contributed by atoms with Crippen molar-refractivity contribution in [1.29, 1.82) is 0 Å². The van der Waals surface area contributed by atoms with E-state index in [1.807, 2.05) is 36.4 Å². The van der Waals surface area contributed by atoms with Crippen molar-refractivity contribution in [1.82, 2.24) is 0 Å². The number of benzene rings is 2. The summed E-state index contributed by atoms with van der Waals surface area (Å²) >= 11 is 12.1. The second kappa shape index (κ2) is 6.27. The summed E-state index contributed by atoms with van der Waals surface area (Å²) < 4.78 is 5.72. The normalized spacial score (nSPS) is 14.6. The minimum atomic E-state index is 0.00836. The van der Waals surface area contributed by atoms with Gasteiger partial charge in [0.25, 0.3) is 0 Å². The smallest absolute Gasteiger partial charge is 0.125 e. The Morgan fingerprint density at radius 2 is 1.86 bits per heavy atom. The zero-order valence-corrected chi connectivity index (χ0v) is 13.0. The molecule has 2 aromatic rings. The van der Waals surface area contributed by atoms with Crippen molar-refractivity contribution in [2.45, 2.75) is 18.8 Å². The van der Waals surface area contributed by atoms with Crippen LogP contribution in [0.5, 0.6) is 5.75 Å². The van der Waals surface area contributed by atoms with Gasteiger partial charge in [-0.3, -0.25) is 0 Å². The van der Waals surface area contributed by atoms with Gasteiger partial charge >= 0.3 is 0 Å². The molecule has 110 valence electrons. The Hall–Kier alpha value is -1.22. The van der Waals surface area contributed by atoms with E-state index >= 15 is 0 Å². The number of aliphatic hydroxyl groups excluding tert-OH is 1. The van der Waals surface area contributed by atoms with E-state index in [-0.39, 0.29) is 12.5 Å². The van der Waals surface area contributed by atoms with E-state index in [1.54, 1.807) is 0 Å². The Balaban J connectivity index is 1.89. The number of rotatable bonds is 4. The van der Waals surface area contributed by atoms with Crippen LogP contribution in [-0.2, 0) is 12.8 Å². The number of hydrogen-bond donors (Lipinski definition) is 1. The molecular formula is C17H16Cl2O2. The van der Waals surface area contributed by atoms with Crippen LogP contribution in [0.4, 0.5) is 0 Å². The first-order valence-electron chi connectivity index (χ1n) is 6.98. The van der Waals surface area contributed by atoms with Gasteiger partial charge in [0.2, 0.25) is 0 Å². The quantitative estimate of drug-likeness (QED) is 0.911. The molecular weight excluding hydrogens is 307 g/mol. The predicted molar refractivity (Wildman–Crippen MR) is 85.6 cm³/mol. The van der Waals surface area contributed by atoms with E-state index in [9.17, 15) is 5.11 Å². The van der Waals surface area contributed by atoms with Crippen molar-refractivity contribution in [3.63, 3.8) is 0 Å². The Bertz CT molecular complexity index is 638. The molecule has 2 nitrogen and oxygen atoms in total. The van der Waals surface area contributed by atoms with E-state index < -0.39 is 0 Å². The second-order valence-electron chi connectivity index (χ2n) is 5.29. The highest BCUT2D eigenvalue weighted by Crippen LogP contribution is 2.35. The molecule has 0 aromatic heterocycles. The average molecular weight is 323 g/mol. The van der Waals surface area contributed by atoms with Crippen LogP contribution in [0, 0.1) is 0 Å². The molecule has 4 heteroatoms. The van der Waals surface area contributed by atoms with Crippen LogP contribution in [0.1, 0.15) is 22.6 Å². The summed E-state index contributed by atoms with van der Waals surface area (Å²) in [5.41, 5.74) is 3.28. The van der Waals surface area contributed by atoms with Crippen molar-refractivity contribution in [2.75, 3.05) is 13.2 Å². The average Bonchev–Trinajstić information content (AvgIpc) is 2.94. The molecule has 3 rings (SSSR count). The van der Waals surface area contributed by atoms with Gasteiger partial charge in [0.05, 0.1) is 13.2 Å². The Kier molecular flexibility index (Phi) is 4.39. The summed E-state index contributed by atoms with van der Waals surface area (Å²) in [6, 6.07) is 11.5. The van der Waals surface area contributed by atoms with Gasteiger partial charge in [-0.2, -0.15) is 0 Å². The lowest BCUT2D eigenvalue weighted by atomic mass is 9.91. The standard InChI is InChI=1S/C17H16Cl2O2/c18-15-3-1-11(2-4-15)14(10-20)7-13-9-16(19)8-12-5-6-21-17(12)13/h1-4,8-9,14,20H,5-7,10H2. The first-order valence-corrected chi connectivity index (χ1v) is 7.73. The maximum Gasteiger partial charge on any atom is 0.125 e. The van der Waals surface area contributed by atoms with Gasteiger partial charge in [-0.05, 0) is 47.4 Å². The van der Waals surface area contributed by atoms with Gasteiger partial charge in [0.1, 0.15) is 5.75 Å². The molecule has 1 N–H and O–H groups in total. The summed E-state index contributed by atoms with van der Waals surface area (Å²) in [6.07, 6.45) is 1.59. The van der Waals surface area contributed by atoms with Crippen molar-refractivity contribution in [2.24, 2.45) is 0 Å². The molecule has 1 unspecified atom stereocenters. The van der Waals surface area contributed by atoms with Gasteiger partial charge < -0.3 is 9.84 Å². The highest BCUT2D eigenvalue weighted by molar-refractivity contribution is 6.31. The highest BCUT2D eigenvalue weighted by Gasteiger charge is 2.21. The zero-order valence-electron chi connectivity index (χ0n) is 11.5. The minimum absolute atomic E-state index is 0.00836. The lowest BCUT2D eigenvalue weighted by Crippen LogP contribution is -2.08. The summed E-state index contributed by atoms with van der Waals surface area (Å²) in [7, 11) is 0. The van der Waals surface area contributed by atoms with Gasteiger partial charge in [0.15, 0.2) is 0 Å². The van der Waals surface area contributed by atoms with Crippen molar-refractivity contribution >= 4 is 23.2 Å². The van der Waals surface area contributed by atoms with Gasteiger partial charge in [-0.1, -0.05) is 35.3 Å². The maximum absolute atomic E-state index is 9.72. The fourth-order valence-corrected chi connectivity index (χ4v) is 3.18. The van der Waals surface area contributed by atoms with Crippen LogP contribution in [0.15, 0.2) is 36.4 Å². The lowest BCUT2D eigenvalue weighted by Gasteiger charge is -2.17. The number of aliphatic hydroxyl groups is 1. The van der Waals surface area contributed by atoms with Gasteiger partial charge in [-0.25, -0.2) is 0 Å². The molecule has 0 radical (unpaired) electrons. The zero-order chi connectivity index (χ0) is 14.8. The van der Waals surface area contributed by atoms with Crippen molar-refractivity contribution < 1.29 is 9.84 Å². The Labute approximate surface area is 134 Å². The number of halogens is 2. The van der Waals surface area contributed by atoms with Crippen LogP contribution in [-0.4, -0.2) is 18.3 Å². The molecule has 1 aliphatic heterocycles. The summed E-state index contributed by atoms with van der Waals surface area (Å²) in [5.74, 6) is 0.945. The van der Waals surface area contributed by atoms with E-state index in [0.29, 0.717) is 18.1 Å². The molecule has 2 aromatic carbocycles. The fraction of sp³-hybridized carbons (Fsp3) is 0.294. The first-order chi connectivity index (χ1) is 10.2. The van der Waals surface area contributed by atoms with Crippen LogP contribution >= 0.6 is 23.2 Å². The van der Waals surface area contributed by atoms with Crippen LogP contribution in [0.2, 0.25) is 10.0 Å². The molecule has 0 aliphatic carbocycles. The highest BCUT2D eigenvalue weighted by atomic mass is 35.5. The van der Waals surface area contributed by atoms with Crippen molar-refractivity contribution in [3.05, 3.63) is 63.1 Å². The number of ether oxygens (including phenoxy) is 1. The minimum Gasteiger partial charge on any atom is -0.493 e. The third kappa shape index (κ3) is 3.18. The molecule has 0 amide bonds. The van der Waals surface area contributed by atoms with Gasteiger partial charge in [0, 0.05) is 22.4 Å². The first kappa shape index (κ1) is 14.7. The molecule has 1 heterocycles. The largest absolute Gasteiger partial charge is 0.493 e. The molecule has 0 bridgehead atoms. The third-order valence-corrected chi connectivity index (χ3v) is 4.32. The van der Waals surface area contributed by atoms with Crippen molar-refractivity contribution in [3.8, 4) is 5.75 Å². The maximum atomic E-state index is 9.72. The fourth-order valence-electron chi connectivity index (χ4n) is 2.79. The Morgan fingerprint density at radius 3 is 2.57 bits per heavy atom. The van der Waals surface area contributed by atoms with E-state index in [0.717, 1.165) is 33.9 Å². The van der Waals surface area contributed by atoms with E-state index in [1.165, 1.54) is 0 Å². The number of fused-ring (bicyclic) bond motifs is 1.